The van der Waals surface area contributed by atoms with Crippen LogP contribution in [0.5, 0.6) is 0 Å². The summed E-state index contributed by atoms with van der Waals surface area (Å²) in [6.07, 6.45) is 3.69. The molecular formula is C28H19N3. The Labute approximate surface area is 180 Å². The fraction of sp³-hybridized carbons (Fsp3) is 0. The van der Waals surface area contributed by atoms with E-state index in [-0.39, 0.29) is 0 Å². The van der Waals surface area contributed by atoms with Gasteiger partial charge in [-0.2, -0.15) is 0 Å². The summed E-state index contributed by atoms with van der Waals surface area (Å²) in [5, 5.41) is 2.37. The lowest BCUT2D eigenvalue weighted by Crippen LogP contribution is -1.94. The summed E-state index contributed by atoms with van der Waals surface area (Å²) in [7, 11) is 0. The van der Waals surface area contributed by atoms with Gasteiger partial charge in [-0.3, -0.25) is 9.55 Å². The predicted octanol–water partition coefficient (Wildman–Crippen LogP) is 6.91. The van der Waals surface area contributed by atoms with Gasteiger partial charge in [-0.1, -0.05) is 54.6 Å². The third-order valence-corrected chi connectivity index (χ3v) is 5.72. The molecule has 0 radical (unpaired) electrons. The van der Waals surface area contributed by atoms with Gasteiger partial charge in [0.05, 0.1) is 11.2 Å². The molecule has 0 bridgehead atoms. The summed E-state index contributed by atoms with van der Waals surface area (Å²) < 4.78 is 2.23. The van der Waals surface area contributed by atoms with Crippen LogP contribution < -0.4 is 0 Å². The Bertz CT molecular complexity index is 1500. The van der Waals surface area contributed by atoms with E-state index in [0.717, 1.165) is 33.5 Å². The number of pyridine rings is 2. The van der Waals surface area contributed by atoms with Gasteiger partial charge in [0.2, 0.25) is 0 Å². The predicted molar refractivity (Wildman–Crippen MR) is 127 cm³/mol. The van der Waals surface area contributed by atoms with Crippen molar-refractivity contribution >= 4 is 21.9 Å². The van der Waals surface area contributed by atoms with E-state index in [4.69, 9.17) is 4.98 Å². The highest BCUT2D eigenvalue weighted by Gasteiger charge is 2.13. The SMILES string of the molecule is c1ccc(-n2c3ccc(-c4ccc(-c5ccccn5)cc4)cc3c3cccnc32)cc1. The van der Waals surface area contributed by atoms with Crippen LogP contribution in [-0.2, 0) is 0 Å². The average Bonchev–Trinajstić information content (AvgIpc) is 3.19. The summed E-state index contributed by atoms with van der Waals surface area (Å²) in [4.78, 5) is 9.15. The van der Waals surface area contributed by atoms with Crippen molar-refractivity contribution in [3.8, 4) is 28.1 Å². The van der Waals surface area contributed by atoms with E-state index in [1.54, 1.807) is 0 Å². The molecule has 0 unspecified atom stereocenters. The first-order chi connectivity index (χ1) is 15.4. The van der Waals surface area contributed by atoms with Crippen LogP contribution in [0.4, 0.5) is 0 Å². The van der Waals surface area contributed by atoms with Crippen molar-refractivity contribution in [3.63, 3.8) is 0 Å². The Morgan fingerprint density at radius 2 is 1.26 bits per heavy atom. The van der Waals surface area contributed by atoms with E-state index >= 15 is 0 Å². The van der Waals surface area contributed by atoms with E-state index in [1.807, 2.05) is 42.7 Å². The monoisotopic (exact) mass is 397 g/mol. The zero-order chi connectivity index (χ0) is 20.6. The zero-order valence-corrected chi connectivity index (χ0v) is 16.8. The second kappa shape index (κ2) is 7.22. The van der Waals surface area contributed by atoms with Gasteiger partial charge in [-0.05, 0) is 59.7 Å². The summed E-state index contributed by atoms with van der Waals surface area (Å²) in [5.41, 5.74) is 7.74. The number of benzene rings is 3. The topological polar surface area (TPSA) is 30.7 Å². The van der Waals surface area contributed by atoms with Crippen LogP contribution in [0, 0.1) is 0 Å². The number of hydrogen-bond acceptors (Lipinski definition) is 2. The van der Waals surface area contributed by atoms with Gasteiger partial charge in [-0.25, -0.2) is 4.98 Å². The first-order valence-corrected chi connectivity index (χ1v) is 10.3. The van der Waals surface area contributed by atoms with Crippen molar-refractivity contribution in [1.29, 1.82) is 0 Å². The van der Waals surface area contributed by atoms with E-state index < -0.39 is 0 Å². The Morgan fingerprint density at radius 3 is 2.06 bits per heavy atom. The minimum atomic E-state index is 0.978. The summed E-state index contributed by atoms with van der Waals surface area (Å²) in [5.74, 6) is 0. The fourth-order valence-electron chi connectivity index (χ4n) is 4.23. The molecule has 0 saturated heterocycles. The zero-order valence-electron chi connectivity index (χ0n) is 16.8. The first kappa shape index (κ1) is 17.6. The first-order valence-electron chi connectivity index (χ1n) is 10.3. The third-order valence-electron chi connectivity index (χ3n) is 5.72. The molecule has 3 heterocycles. The maximum Gasteiger partial charge on any atom is 0.145 e. The molecule has 6 rings (SSSR count). The van der Waals surface area contributed by atoms with Crippen molar-refractivity contribution < 1.29 is 0 Å². The highest BCUT2D eigenvalue weighted by Crippen LogP contribution is 2.34. The lowest BCUT2D eigenvalue weighted by atomic mass is 10.0. The van der Waals surface area contributed by atoms with Crippen LogP contribution in [0.2, 0.25) is 0 Å². The van der Waals surface area contributed by atoms with Gasteiger partial charge >= 0.3 is 0 Å². The van der Waals surface area contributed by atoms with Gasteiger partial charge in [0.1, 0.15) is 5.65 Å². The number of para-hydroxylation sites is 1. The van der Waals surface area contributed by atoms with Gasteiger partial charge in [0, 0.05) is 34.4 Å². The molecule has 0 saturated carbocycles. The molecule has 31 heavy (non-hydrogen) atoms. The smallest absolute Gasteiger partial charge is 0.145 e. The standard InChI is InChI=1S/C28H19N3/c1-2-7-23(8-3-1)31-27-16-15-22(19-25(27)24-9-6-18-30-28(24)31)20-11-13-21(14-12-20)26-10-4-5-17-29-26/h1-19H. The van der Waals surface area contributed by atoms with E-state index in [1.165, 1.54) is 16.5 Å². The lowest BCUT2D eigenvalue weighted by molar-refractivity contribution is 1.14. The Hall–Kier alpha value is -4.24. The molecule has 0 fully saturated rings. The molecule has 3 aromatic heterocycles. The molecular weight excluding hydrogens is 378 g/mol. The van der Waals surface area contributed by atoms with Gasteiger partial charge in [0.25, 0.3) is 0 Å². The molecule has 0 aliphatic heterocycles. The van der Waals surface area contributed by atoms with Crippen LogP contribution in [0.1, 0.15) is 0 Å². The summed E-state index contributed by atoms with van der Waals surface area (Å²) in [6.45, 7) is 0. The molecule has 146 valence electrons. The molecule has 0 aliphatic rings. The molecule has 3 aromatic carbocycles. The molecule has 0 amide bonds. The van der Waals surface area contributed by atoms with Crippen molar-refractivity contribution in [2.24, 2.45) is 0 Å². The van der Waals surface area contributed by atoms with E-state index in [0.29, 0.717) is 0 Å². The number of rotatable bonds is 3. The van der Waals surface area contributed by atoms with Crippen LogP contribution >= 0.6 is 0 Å². The van der Waals surface area contributed by atoms with E-state index in [2.05, 4.69) is 82.3 Å². The summed E-state index contributed by atoms with van der Waals surface area (Å²) >= 11 is 0. The molecule has 3 heteroatoms. The normalized spacial score (nSPS) is 11.2. The Kier molecular flexibility index (Phi) is 4.10. The number of nitrogens with zero attached hydrogens (tertiary/aromatic N) is 3. The third kappa shape index (κ3) is 2.99. The second-order valence-corrected chi connectivity index (χ2v) is 7.57. The lowest BCUT2D eigenvalue weighted by Gasteiger charge is -2.08. The largest absolute Gasteiger partial charge is 0.294 e. The molecule has 6 aromatic rings. The quantitative estimate of drug-likeness (QED) is 0.325. The molecule has 3 nitrogen and oxygen atoms in total. The van der Waals surface area contributed by atoms with Crippen LogP contribution in [-0.4, -0.2) is 14.5 Å². The maximum atomic E-state index is 4.70. The molecule has 0 N–H and O–H groups in total. The minimum Gasteiger partial charge on any atom is -0.294 e. The Morgan fingerprint density at radius 1 is 0.516 bits per heavy atom. The average molecular weight is 397 g/mol. The summed E-state index contributed by atoms with van der Waals surface area (Å²) in [6, 6.07) is 35.8. The van der Waals surface area contributed by atoms with Crippen molar-refractivity contribution in [2.45, 2.75) is 0 Å². The van der Waals surface area contributed by atoms with Gasteiger partial charge in [-0.15, -0.1) is 0 Å². The molecule has 0 aliphatic carbocycles. The van der Waals surface area contributed by atoms with Crippen molar-refractivity contribution in [3.05, 3.63) is 116 Å². The van der Waals surface area contributed by atoms with Crippen molar-refractivity contribution in [2.75, 3.05) is 0 Å². The van der Waals surface area contributed by atoms with Gasteiger partial charge in [0.15, 0.2) is 0 Å². The highest BCUT2D eigenvalue weighted by molar-refractivity contribution is 6.09. The maximum absolute atomic E-state index is 4.70. The van der Waals surface area contributed by atoms with Crippen LogP contribution in [0.25, 0.3) is 50.0 Å². The van der Waals surface area contributed by atoms with Crippen LogP contribution in [0.15, 0.2) is 116 Å². The number of hydrogen-bond donors (Lipinski definition) is 0. The number of aromatic nitrogens is 3. The molecule has 0 atom stereocenters. The number of fused-ring (bicyclic) bond motifs is 3. The van der Waals surface area contributed by atoms with Gasteiger partial charge < -0.3 is 0 Å². The fourth-order valence-corrected chi connectivity index (χ4v) is 4.23. The molecule has 0 spiro atoms. The minimum absolute atomic E-state index is 0.978. The Balaban J connectivity index is 1.50. The second-order valence-electron chi connectivity index (χ2n) is 7.57. The highest BCUT2D eigenvalue weighted by atomic mass is 15.0. The van der Waals surface area contributed by atoms with E-state index in [9.17, 15) is 0 Å². The van der Waals surface area contributed by atoms with Crippen molar-refractivity contribution in [1.82, 2.24) is 14.5 Å². The van der Waals surface area contributed by atoms with Crippen LogP contribution in [0.3, 0.4) is 0 Å².